The first-order valence-electron chi connectivity index (χ1n) is 7.19. The predicted molar refractivity (Wildman–Crippen MR) is 71.0 cm³/mol. The van der Waals surface area contributed by atoms with E-state index in [0.29, 0.717) is 0 Å². The molecule has 3 atom stereocenters. The SMILES string of the molecule is CC1CC(C)CN(C2(CN)CCCOCC2)C1. The van der Waals surface area contributed by atoms with Gasteiger partial charge in [0.15, 0.2) is 0 Å². The fourth-order valence-electron chi connectivity index (χ4n) is 3.69. The Bertz CT molecular complexity index is 226. The summed E-state index contributed by atoms with van der Waals surface area (Å²) in [5.41, 5.74) is 6.35. The third-order valence-electron chi connectivity index (χ3n) is 4.56. The van der Waals surface area contributed by atoms with Crippen LogP contribution in [0.5, 0.6) is 0 Å². The van der Waals surface area contributed by atoms with Gasteiger partial charge in [-0.3, -0.25) is 4.90 Å². The number of ether oxygens (including phenoxy) is 1. The topological polar surface area (TPSA) is 38.5 Å². The van der Waals surface area contributed by atoms with Crippen LogP contribution in [0.25, 0.3) is 0 Å². The summed E-state index contributed by atoms with van der Waals surface area (Å²) in [7, 11) is 0. The summed E-state index contributed by atoms with van der Waals surface area (Å²) in [4.78, 5) is 2.68. The Morgan fingerprint density at radius 2 is 1.88 bits per heavy atom. The Morgan fingerprint density at radius 3 is 2.53 bits per heavy atom. The predicted octanol–water partition coefficient (Wildman–Crippen LogP) is 1.86. The van der Waals surface area contributed by atoms with E-state index >= 15 is 0 Å². The fourth-order valence-corrected chi connectivity index (χ4v) is 3.69. The highest BCUT2D eigenvalue weighted by Gasteiger charge is 2.39. The first-order chi connectivity index (χ1) is 8.16. The molecule has 2 saturated heterocycles. The molecule has 3 heteroatoms. The summed E-state index contributed by atoms with van der Waals surface area (Å²) < 4.78 is 5.61. The van der Waals surface area contributed by atoms with Crippen LogP contribution in [0.2, 0.25) is 0 Å². The van der Waals surface area contributed by atoms with Crippen LogP contribution in [0.15, 0.2) is 0 Å². The van der Waals surface area contributed by atoms with Gasteiger partial charge in [0.05, 0.1) is 0 Å². The molecule has 0 aliphatic carbocycles. The van der Waals surface area contributed by atoms with Crippen molar-refractivity contribution in [3.05, 3.63) is 0 Å². The summed E-state index contributed by atoms with van der Waals surface area (Å²) in [6, 6.07) is 0. The minimum absolute atomic E-state index is 0.222. The van der Waals surface area contributed by atoms with E-state index in [9.17, 15) is 0 Å². The summed E-state index contributed by atoms with van der Waals surface area (Å²) in [5.74, 6) is 1.62. The Morgan fingerprint density at radius 1 is 1.18 bits per heavy atom. The van der Waals surface area contributed by atoms with Crippen molar-refractivity contribution in [1.82, 2.24) is 4.90 Å². The molecule has 100 valence electrons. The zero-order valence-electron chi connectivity index (χ0n) is 11.5. The van der Waals surface area contributed by atoms with Crippen LogP contribution >= 0.6 is 0 Å². The number of nitrogens with two attached hydrogens (primary N) is 1. The molecule has 0 bridgehead atoms. The van der Waals surface area contributed by atoms with Crippen molar-refractivity contribution in [2.45, 2.75) is 45.1 Å². The van der Waals surface area contributed by atoms with Crippen molar-refractivity contribution in [3.63, 3.8) is 0 Å². The molecule has 0 saturated carbocycles. The maximum atomic E-state index is 6.13. The summed E-state index contributed by atoms with van der Waals surface area (Å²) >= 11 is 0. The highest BCUT2D eigenvalue weighted by molar-refractivity contribution is 4.95. The highest BCUT2D eigenvalue weighted by atomic mass is 16.5. The molecule has 17 heavy (non-hydrogen) atoms. The summed E-state index contributed by atoms with van der Waals surface area (Å²) in [6.45, 7) is 9.79. The summed E-state index contributed by atoms with van der Waals surface area (Å²) in [6.07, 6.45) is 4.86. The van der Waals surface area contributed by atoms with Crippen LogP contribution in [0, 0.1) is 11.8 Å². The Kier molecular flexibility index (Phi) is 4.45. The highest BCUT2D eigenvalue weighted by Crippen LogP contribution is 2.33. The van der Waals surface area contributed by atoms with Crippen molar-refractivity contribution < 1.29 is 4.74 Å². The van der Waals surface area contributed by atoms with Gasteiger partial charge in [0.25, 0.3) is 0 Å². The third kappa shape index (κ3) is 3.01. The number of piperidine rings is 1. The Hall–Kier alpha value is -0.120. The Balaban J connectivity index is 2.09. The normalized spacial score (nSPS) is 41.1. The average Bonchev–Trinajstić information content (AvgIpc) is 2.53. The molecule has 3 nitrogen and oxygen atoms in total. The van der Waals surface area contributed by atoms with Gasteiger partial charge in [0, 0.05) is 38.4 Å². The number of rotatable bonds is 2. The number of hydrogen-bond donors (Lipinski definition) is 1. The van der Waals surface area contributed by atoms with Crippen LogP contribution in [-0.2, 0) is 4.74 Å². The number of likely N-dealkylation sites (tertiary alicyclic amines) is 1. The van der Waals surface area contributed by atoms with Crippen LogP contribution in [0.3, 0.4) is 0 Å². The van der Waals surface area contributed by atoms with E-state index in [2.05, 4.69) is 18.7 Å². The van der Waals surface area contributed by atoms with Gasteiger partial charge in [0.1, 0.15) is 0 Å². The van der Waals surface area contributed by atoms with Gasteiger partial charge in [-0.15, -0.1) is 0 Å². The van der Waals surface area contributed by atoms with Crippen LogP contribution in [-0.4, -0.2) is 43.3 Å². The molecule has 2 heterocycles. The second-order valence-electron chi connectivity index (χ2n) is 6.25. The molecule has 2 aliphatic rings. The van der Waals surface area contributed by atoms with Crippen molar-refractivity contribution in [3.8, 4) is 0 Å². The molecular formula is C14H28N2O. The van der Waals surface area contributed by atoms with E-state index < -0.39 is 0 Å². The smallest absolute Gasteiger partial charge is 0.0484 e. The second kappa shape index (κ2) is 5.68. The average molecular weight is 240 g/mol. The first kappa shape index (κ1) is 13.3. The van der Waals surface area contributed by atoms with Crippen LogP contribution in [0.4, 0.5) is 0 Å². The van der Waals surface area contributed by atoms with Gasteiger partial charge in [0.2, 0.25) is 0 Å². The maximum Gasteiger partial charge on any atom is 0.0484 e. The lowest BCUT2D eigenvalue weighted by molar-refractivity contribution is 0.0147. The molecule has 0 amide bonds. The van der Waals surface area contributed by atoms with Gasteiger partial charge in [-0.1, -0.05) is 13.8 Å². The first-order valence-corrected chi connectivity index (χ1v) is 7.19. The molecule has 2 rings (SSSR count). The largest absolute Gasteiger partial charge is 0.381 e. The Labute approximate surface area is 106 Å². The molecule has 0 aromatic rings. The molecule has 0 radical (unpaired) electrons. The quantitative estimate of drug-likeness (QED) is 0.801. The van der Waals surface area contributed by atoms with Gasteiger partial charge in [-0.2, -0.15) is 0 Å². The van der Waals surface area contributed by atoms with E-state index in [1.807, 2.05) is 0 Å². The van der Waals surface area contributed by atoms with Gasteiger partial charge in [-0.05, 0) is 37.5 Å². The standard InChI is InChI=1S/C14H28N2O/c1-12-8-13(2)10-16(9-12)14(11-15)4-3-6-17-7-5-14/h12-13H,3-11,15H2,1-2H3. The molecule has 0 aromatic carbocycles. The maximum absolute atomic E-state index is 6.13. The minimum atomic E-state index is 0.222. The lowest BCUT2D eigenvalue weighted by Gasteiger charge is -2.48. The zero-order valence-corrected chi connectivity index (χ0v) is 11.5. The van der Waals surface area contributed by atoms with Gasteiger partial charge in [-0.25, -0.2) is 0 Å². The van der Waals surface area contributed by atoms with Gasteiger partial charge >= 0.3 is 0 Å². The molecule has 2 aliphatic heterocycles. The fraction of sp³-hybridized carbons (Fsp3) is 1.00. The van der Waals surface area contributed by atoms with Crippen molar-refractivity contribution in [2.24, 2.45) is 17.6 Å². The molecule has 0 aromatic heterocycles. The van der Waals surface area contributed by atoms with Crippen LogP contribution < -0.4 is 5.73 Å². The van der Waals surface area contributed by atoms with Crippen molar-refractivity contribution in [2.75, 3.05) is 32.8 Å². The van der Waals surface area contributed by atoms with E-state index in [1.54, 1.807) is 0 Å². The zero-order chi connectivity index (χ0) is 12.3. The number of nitrogens with zero attached hydrogens (tertiary/aromatic N) is 1. The molecular weight excluding hydrogens is 212 g/mol. The van der Waals surface area contributed by atoms with Gasteiger partial charge < -0.3 is 10.5 Å². The lowest BCUT2D eigenvalue weighted by atomic mass is 9.82. The van der Waals surface area contributed by atoms with E-state index in [0.717, 1.165) is 44.4 Å². The van der Waals surface area contributed by atoms with E-state index in [-0.39, 0.29) is 5.54 Å². The monoisotopic (exact) mass is 240 g/mol. The van der Waals surface area contributed by atoms with E-state index in [1.165, 1.54) is 25.9 Å². The molecule has 0 spiro atoms. The third-order valence-corrected chi connectivity index (χ3v) is 4.56. The van der Waals surface area contributed by atoms with E-state index in [4.69, 9.17) is 10.5 Å². The molecule has 3 unspecified atom stereocenters. The molecule has 2 N–H and O–H groups in total. The second-order valence-corrected chi connectivity index (χ2v) is 6.25. The van der Waals surface area contributed by atoms with Crippen molar-refractivity contribution in [1.29, 1.82) is 0 Å². The number of hydrogen-bond acceptors (Lipinski definition) is 3. The van der Waals surface area contributed by atoms with Crippen molar-refractivity contribution >= 4 is 0 Å². The lowest BCUT2D eigenvalue weighted by Crippen LogP contribution is -2.58. The minimum Gasteiger partial charge on any atom is -0.381 e. The summed E-state index contributed by atoms with van der Waals surface area (Å²) in [5, 5.41) is 0. The van der Waals surface area contributed by atoms with Crippen LogP contribution in [0.1, 0.15) is 39.5 Å². The molecule has 2 fully saturated rings.